The molecule has 1 fully saturated rings. The van der Waals surface area contributed by atoms with E-state index in [0.717, 1.165) is 35.2 Å². The number of hydrogen-bond donors (Lipinski definition) is 1. The Morgan fingerprint density at radius 2 is 1.76 bits per heavy atom. The van der Waals surface area contributed by atoms with Gasteiger partial charge in [-0.3, -0.25) is 9.69 Å². The highest BCUT2D eigenvalue weighted by atomic mass is 35.5. The number of benzene rings is 3. The fourth-order valence-corrected chi connectivity index (χ4v) is 4.83. The van der Waals surface area contributed by atoms with E-state index in [0.29, 0.717) is 40.5 Å². The van der Waals surface area contributed by atoms with Crippen LogP contribution in [0.2, 0.25) is 5.02 Å². The summed E-state index contributed by atoms with van der Waals surface area (Å²) in [6.07, 6.45) is 4.72. The Morgan fingerprint density at radius 1 is 1.00 bits per heavy atom. The maximum absolute atomic E-state index is 13.3. The molecule has 0 radical (unpaired) electrons. The van der Waals surface area contributed by atoms with Gasteiger partial charge in [-0.1, -0.05) is 41.9 Å². The van der Waals surface area contributed by atoms with E-state index in [1.165, 1.54) is 4.90 Å². The molecule has 1 aliphatic rings. The van der Waals surface area contributed by atoms with Crippen LogP contribution in [-0.4, -0.2) is 28.8 Å². The number of nitrogens with one attached hydrogen (secondary N) is 1. The SMILES string of the molecule is CCOc1ccc(N2C(=O)/C(=C/c3cn(CCCOc4ccccc4Cl)c4ccccc34)NC2=S)cc1. The standard InChI is InChI=1S/C29H26ClN3O3S/c1-2-35-22-14-12-21(13-15-22)33-28(34)25(31-29(33)37)18-20-19-32(26-10-5-3-8-23(20)26)16-7-17-36-27-11-6-4-9-24(27)30/h3-6,8-15,18-19H,2,7,16-17H2,1H3,(H,31,37)/b25-18-. The zero-order chi connectivity index (χ0) is 25.8. The smallest absolute Gasteiger partial charge is 0.281 e. The maximum Gasteiger partial charge on any atom is 0.281 e. The second kappa shape index (κ2) is 11.1. The van der Waals surface area contributed by atoms with Gasteiger partial charge >= 0.3 is 0 Å². The van der Waals surface area contributed by atoms with E-state index >= 15 is 0 Å². The number of aryl methyl sites for hydroxylation is 1. The quantitative estimate of drug-likeness (QED) is 0.153. The van der Waals surface area contributed by atoms with Gasteiger partial charge in [-0.15, -0.1) is 0 Å². The van der Waals surface area contributed by atoms with Crippen LogP contribution in [0.25, 0.3) is 17.0 Å². The predicted molar refractivity (Wildman–Crippen MR) is 152 cm³/mol. The molecule has 6 nitrogen and oxygen atoms in total. The Hall–Kier alpha value is -3.81. The summed E-state index contributed by atoms with van der Waals surface area (Å²) in [5, 5.41) is 5.10. The molecule has 2 heterocycles. The third kappa shape index (κ3) is 5.33. The van der Waals surface area contributed by atoms with Gasteiger partial charge in [0.05, 0.1) is 23.9 Å². The van der Waals surface area contributed by atoms with E-state index in [-0.39, 0.29) is 5.91 Å². The van der Waals surface area contributed by atoms with Crippen LogP contribution in [-0.2, 0) is 11.3 Å². The first-order valence-corrected chi connectivity index (χ1v) is 12.9. The molecule has 0 unspecified atom stereocenters. The van der Waals surface area contributed by atoms with E-state index in [2.05, 4.69) is 28.2 Å². The lowest BCUT2D eigenvalue weighted by molar-refractivity contribution is -0.113. The van der Waals surface area contributed by atoms with Gasteiger partial charge in [-0.05, 0) is 74.1 Å². The summed E-state index contributed by atoms with van der Waals surface area (Å²) in [6.45, 7) is 3.81. The predicted octanol–water partition coefficient (Wildman–Crippen LogP) is 6.42. The molecule has 1 aliphatic heterocycles. The summed E-state index contributed by atoms with van der Waals surface area (Å²) in [5.41, 5.74) is 3.15. The lowest BCUT2D eigenvalue weighted by atomic mass is 10.1. The van der Waals surface area contributed by atoms with Crippen molar-refractivity contribution >= 4 is 57.5 Å². The van der Waals surface area contributed by atoms with E-state index in [9.17, 15) is 4.79 Å². The number of hydrogen-bond acceptors (Lipinski definition) is 4. The highest BCUT2D eigenvalue weighted by molar-refractivity contribution is 7.80. The minimum absolute atomic E-state index is 0.195. The molecule has 188 valence electrons. The van der Waals surface area contributed by atoms with Crippen molar-refractivity contribution in [3.63, 3.8) is 0 Å². The number of aromatic nitrogens is 1. The molecule has 3 aromatic carbocycles. The highest BCUT2D eigenvalue weighted by Gasteiger charge is 2.32. The summed E-state index contributed by atoms with van der Waals surface area (Å²) >= 11 is 11.7. The van der Waals surface area contributed by atoms with Gasteiger partial charge in [-0.2, -0.15) is 0 Å². The molecule has 1 aromatic heterocycles. The van der Waals surface area contributed by atoms with E-state index in [1.54, 1.807) is 0 Å². The first-order chi connectivity index (χ1) is 18.0. The number of rotatable bonds is 9. The number of ether oxygens (including phenoxy) is 2. The van der Waals surface area contributed by atoms with Crippen LogP contribution in [0.3, 0.4) is 0 Å². The summed E-state index contributed by atoms with van der Waals surface area (Å²) in [5.74, 6) is 1.24. The van der Waals surface area contributed by atoms with Crippen LogP contribution in [0.15, 0.2) is 84.7 Å². The number of halogens is 1. The van der Waals surface area contributed by atoms with Crippen LogP contribution < -0.4 is 19.7 Å². The van der Waals surface area contributed by atoms with E-state index in [1.807, 2.05) is 73.7 Å². The molecule has 5 rings (SSSR count). The van der Waals surface area contributed by atoms with E-state index in [4.69, 9.17) is 33.3 Å². The number of anilines is 1. The first-order valence-electron chi connectivity index (χ1n) is 12.1. The molecule has 0 atom stereocenters. The van der Waals surface area contributed by atoms with Gasteiger partial charge in [0.1, 0.15) is 17.2 Å². The van der Waals surface area contributed by atoms with Crippen molar-refractivity contribution in [3.05, 3.63) is 95.3 Å². The Balaban J connectivity index is 1.33. The Kier molecular flexibility index (Phi) is 7.44. The van der Waals surface area contributed by atoms with Crippen molar-refractivity contribution in [1.29, 1.82) is 0 Å². The Morgan fingerprint density at radius 3 is 2.54 bits per heavy atom. The number of carbonyl (C=O) groups is 1. The zero-order valence-electron chi connectivity index (χ0n) is 20.3. The second-order valence-corrected chi connectivity index (χ2v) is 9.28. The number of thiocarbonyl (C=S) groups is 1. The molecular formula is C29H26ClN3O3S. The van der Waals surface area contributed by atoms with Crippen LogP contribution in [0.1, 0.15) is 18.9 Å². The number of fused-ring (bicyclic) bond motifs is 1. The largest absolute Gasteiger partial charge is 0.494 e. The van der Waals surface area contributed by atoms with E-state index < -0.39 is 0 Å². The fourth-order valence-electron chi connectivity index (χ4n) is 4.34. The Labute approximate surface area is 226 Å². The normalized spacial score (nSPS) is 14.4. The number of para-hydroxylation sites is 2. The van der Waals surface area contributed by atoms with Crippen molar-refractivity contribution in [2.75, 3.05) is 18.1 Å². The number of nitrogens with zero attached hydrogens (tertiary/aromatic N) is 2. The van der Waals surface area contributed by atoms with Gasteiger partial charge in [0.25, 0.3) is 5.91 Å². The number of amides is 1. The average Bonchev–Trinajstić information content (AvgIpc) is 3.39. The second-order valence-electron chi connectivity index (χ2n) is 8.48. The van der Waals surface area contributed by atoms with Crippen molar-refractivity contribution in [3.8, 4) is 11.5 Å². The van der Waals surface area contributed by atoms with Gasteiger partial charge in [0.15, 0.2) is 5.11 Å². The molecule has 1 amide bonds. The topological polar surface area (TPSA) is 55.7 Å². The molecule has 0 spiro atoms. The lowest BCUT2D eigenvalue weighted by Crippen LogP contribution is -2.30. The van der Waals surface area contributed by atoms with Gasteiger partial charge in [0.2, 0.25) is 0 Å². The van der Waals surface area contributed by atoms with Gasteiger partial charge < -0.3 is 19.4 Å². The molecule has 1 saturated heterocycles. The summed E-state index contributed by atoms with van der Waals surface area (Å²) in [7, 11) is 0. The van der Waals surface area contributed by atoms with Crippen LogP contribution in [0, 0.1) is 0 Å². The van der Waals surface area contributed by atoms with Gasteiger partial charge in [-0.25, -0.2) is 0 Å². The minimum Gasteiger partial charge on any atom is -0.494 e. The summed E-state index contributed by atoms with van der Waals surface area (Å²) in [4.78, 5) is 14.8. The number of carbonyl (C=O) groups excluding carboxylic acids is 1. The van der Waals surface area contributed by atoms with Crippen molar-refractivity contribution < 1.29 is 14.3 Å². The van der Waals surface area contributed by atoms with Crippen molar-refractivity contribution in [1.82, 2.24) is 9.88 Å². The van der Waals surface area contributed by atoms with Crippen LogP contribution in [0.4, 0.5) is 5.69 Å². The van der Waals surface area contributed by atoms with Crippen LogP contribution >= 0.6 is 23.8 Å². The third-order valence-electron chi connectivity index (χ3n) is 6.04. The molecule has 8 heteroatoms. The van der Waals surface area contributed by atoms with Crippen LogP contribution in [0.5, 0.6) is 11.5 Å². The highest BCUT2D eigenvalue weighted by Crippen LogP contribution is 2.28. The molecular weight excluding hydrogens is 506 g/mol. The lowest BCUT2D eigenvalue weighted by Gasteiger charge is -2.14. The third-order valence-corrected chi connectivity index (χ3v) is 6.64. The summed E-state index contributed by atoms with van der Waals surface area (Å²) < 4.78 is 13.5. The zero-order valence-corrected chi connectivity index (χ0v) is 21.9. The molecule has 4 aromatic rings. The minimum atomic E-state index is -0.195. The fraction of sp³-hybridized carbons (Fsp3) is 0.172. The summed E-state index contributed by atoms with van der Waals surface area (Å²) in [6, 6.07) is 22.9. The van der Waals surface area contributed by atoms with Crippen molar-refractivity contribution in [2.45, 2.75) is 19.9 Å². The molecule has 0 aliphatic carbocycles. The molecule has 37 heavy (non-hydrogen) atoms. The maximum atomic E-state index is 13.3. The molecule has 0 saturated carbocycles. The van der Waals surface area contributed by atoms with Gasteiger partial charge in [0, 0.05) is 29.2 Å². The first kappa shape index (κ1) is 24.9. The van der Waals surface area contributed by atoms with Crippen molar-refractivity contribution in [2.24, 2.45) is 0 Å². The Bertz CT molecular complexity index is 1480. The monoisotopic (exact) mass is 531 g/mol. The molecule has 1 N–H and O–H groups in total. The average molecular weight is 532 g/mol. The molecule has 0 bridgehead atoms.